The highest BCUT2D eigenvalue weighted by Gasteiger charge is 2.10. The van der Waals surface area contributed by atoms with Crippen LogP contribution in [0.1, 0.15) is 51.2 Å². The molecule has 0 saturated heterocycles. The van der Waals surface area contributed by atoms with Gasteiger partial charge in [-0.2, -0.15) is 0 Å². The molecule has 0 spiro atoms. The van der Waals surface area contributed by atoms with Gasteiger partial charge in [0.05, 0.1) is 10.2 Å². The molecule has 0 aliphatic heterocycles. The van der Waals surface area contributed by atoms with Crippen molar-refractivity contribution in [3.8, 4) is 5.75 Å². The van der Waals surface area contributed by atoms with Gasteiger partial charge in [-0.1, -0.05) is 39.7 Å². The van der Waals surface area contributed by atoms with Gasteiger partial charge in [0.25, 0.3) is 0 Å². The summed E-state index contributed by atoms with van der Waals surface area (Å²) in [6, 6.07) is 4.41. The Kier molecular flexibility index (Phi) is 6.93. The van der Waals surface area contributed by atoms with Gasteiger partial charge in [-0.25, -0.2) is 0 Å². The Labute approximate surface area is 119 Å². The second-order valence-corrected chi connectivity index (χ2v) is 5.44. The fourth-order valence-electron chi connectivity index (χ4n) is 2.04. The summed E-state index contributed by atoms with van der Waals surface area (Å²) in [6.45, 7) is 7.49. The van der Waals surface area contributed by atoms with Gasteiger partial charge in [-0.05, 0) is 59.0 Å². The molecular formula is C15H23IO. The number of benzene rings is 1. The molecule has 0 unspecified atom stereocenters. The van der Waals surface area contributed by atoms with E-state index in [1.807, 2.05) is 0 Å². The third kappa shape index (κ3) is 4.16. The Morgan fingerprint density at radius 3 is 2.41 bits per heavy atom. The summed E-state index contributed by atoms with van der Waals surface area (Å²) in [4.78, 5) is 0. The number of unbranched alkanes of at least 4 members (excludes halogenated alkanes) is 2. The van der Waals surface area contributed by atoms with Crippen molar-refractivity contribution in [2.24, 2.45) is 0 Å². The average Bonchev–Trinajstić information content (AvgIpc) is 2.35. The van der Waals surface area contributed by atoms with Crippen molar-refractivity contribution in [1.82, 2.24) is 0 Å². The van der Waals surface area contributed by atoms with Gasteiger partial charge in [-0.15, -0.1) is 0 Å². The lowest BCUT2D eigenvalue weighted by Crippen LogP contribution is -2.04. The van der Waals surface area contributed by atoms with E-state index in [1.54, 1.807) is 0 Å². The maximum atomic E-state index is 6.00. The number of hydrogen-bond donors (Lipinski definition) is 0. The molecule has 0 amide bonds. The van der Waals surface area contributed by atoms with Crippen molar-refractivity contribution in [2.45, 2.75) is 52.9 Å². The van der Waals surface area contributed by atoms with Crippen LogP contribution < -0.4 is 4.74 Å². The van der Waals surface area contributed by atoms with Crippen LogP contribution in [0.4, 0.5) is 0 Å². The van der Waals surface area contributed by atoms with E-state index < -0.39 is 0 Å². The molecule has 1 rings (SSSR count). The van der Waals surface area contributed by atoms with Crippen LogP contribution in [0.5, 0.6) is 5.75 Å². The maximum absolute atomic E-state index is 6.00. The molecule has 0 saturated carbocycles. The summed E-state index contributed by atoms with van der Waals surface area (Å²) in [6.07, 6.45) is 5.81. The number of halogens is 1. The summed E-state index contributed by atoms with van der Waals surface area (Å²) in [7, 11) is 0. The monoisotopic (exact) mass is 346 g/mol. The SMILES string of the molecule is CCCCCOc1c(I)ccc(CC)c1CC. The van der Waals surface area contributed by atoms with Gasteiger partial charge >= 0.3 is 0 Å². The fourth-order valence-corrected chi connectivity index (χ4v) is 2.70. The summed E-state index contributed by atoms with van der Waals surface area (Å²) in [5.74, 6) is 1.13. The highest BCUT2D eigenvalue weighted by atomic mass is 127. The topological polar surface area (TPSA) is 9.23 Å². The van der Waals surface area contributed by atoms with Crippen LogP contribution in [-0.4, -0.2) is 6.61 Å². The third-order valence-corrected chi connectivity index (χ3v) is 3.89. The molecule has 0 fully saturated rings. The molecule has 17 heavy (non-hydrogen) atoms. The standard InChI is InChI=1S/C15H23IO/c1-4-7-8-11-17-15-13(6-3)12(5-2)9-10-14(15)16/h9-10H,4-8,11H2,1-3H3. The molecule has 0 heterocycles. The molecule has 0 radical (unpaired) electrons. The summed E-state index contributed by atoms with van der Waals surface area (Å²) in [5, 5.41) is 0. The minimum atomic E-state index is 0.851. The van der Waals surface area contributed by atoms with E-state index in [0.29, 0.717) is 0 Å². The van der Waals surface area contributed by atoms with Crippen LogP contribution in [-0.2, 0) is 12.8 Å². The van der Waals surface area contributed by atoms with Gasteiger partial charge in [0.1, 0.15) is 5.75 Å². The molecule has 0 atom stereocenters. The first-order valence-corrected chi connectivity index (χ1v) is 7.75. The zero-order chi connectivity index (χ0) is 12.7. The predicted molar refractivity (Wildman–Crippen MR) is 82.9 cm³/mol. The smallest absolute Gasteiger partial charge is 0.136 e. The third-order valence-electron chi connectivity index (χ3n) is 3.04. The molecule has 96 valence electrons. The van der Waals surface area contributed by atoms with E-state index in [2.05, 4.69) is 55.5 Å². The van der Waals surface area contributed by atoms with E-state index in [4.69, 9.17) is 4.74 Å². The maximum Gasteiger partial charge on any atom is 0.136 e. The Morgan fingerprint density at radius 2 is 1.82 bits per heavy atom. The van der Waals surface area contributed by atoms with Crippen LogP contribution in [0, 0.1) is 3.57 Å². The quantitative estimate of drug-likeness (QED) is 0.500. The number of ether oxygens (including phenoxy) is 1. The van der Waals surface area contributed by atoms with Crippen LogP contribution >= 0.6 is 22.6 Å². The van der Waals surface area contributed by atoms with Crippen molar-refractivity contribution in [3.63, 3.8) is 0 Å². The lowest BCUT2D eigenvalue weighted by atomic mass is 10.0. The molecule has 2 heteroatoms. The van der Waals surface area contributed by atoms with Crippen LogP contribution in [0.3, 0.4) is 0 Å². The molecule has 0 aromatic heterocycles. The summed E-state index contributed by atoms with van der Waals surface area (Å²) < 4.78 is 7.24. The molecule has 0 aliphatic rings. The first kappa shape index (κ1) is 14.8. The van der Waals surface area contributed by atoms with Crippen molar-refractivity contribution < 1.29 is 4.74 Å². The largest absolute Gasteiger partial charge is 0.492 e. The van der Waals surface area contributed by atoms with Crippen molar-refractivity contribution in [2.75, 3.05) is 6.61 Å². The van der Waals surface area contributed by atoms with Crippen molar-refractivity contribution in [3.05, 3.63) is 26.8 Å². The molecule has 1 nitrogen and oxygen atoms in total. The number of aryl methyl sites for hydroxylation is 1. The normalized spacial score (nSPS) is 10.6. The summed E-state index contributed by atoms with van der Waals surface area (Å²) in [5.41, 5.74) is 2.83. The van der Waals surface area contributed by atoms with Gasteiger partial charge in [0, 0.05) is 0 Å². The van der Waals surface area contributed by atoms with E-state index in [-0.39, 0.29) is 0 Å². The first-order chi connectivity index (χ1) is 8.24. The van der Waals surface area contributed by atoms with E-state index in [9.17, 15) is 0 Å². The number of hydrogen-bond acceptors (Lipinski definition) is 1. The van der Waals surface area contributed by atoms with Gasteiger partial charge in [0.2, 0.25) is 0 Å². The van der Waals surface area contributed by atoms with Gasteiger partial charge < -0.3 is 4.74 Å². The second-order valence-electron chi connectivity index (χ2n) is 4.28. The predicted octanol–water partition coefficient (Wildman–Crippen LogP) is 4.99. The van der Waals surface area contributed by atoms with Crippen molar-refractivity contribution in [1.29, 1.82) is 0 Å². The first-order valence-electron chi connectivity index (χ1n) is 6.67. The molecule has 0 aliphatic carbocycles. The van der Waals surface area contributed by atoms with Crippen LogP contribution in [0.2, 0.25) is 0 Å². The molecule has 0 bridgehead atoms. The average molecular weight is 346 g/mol. The zero-order valence-corrected chi connectivity index (χ0v) is 13.3. The second kappa shape index (κ2) is 7.96. The Morgan fingerprint density at radius 1 is 1.06 bits per heavy atom. The Hall–Kier alpha value is -0.250. The highest BCUT2D eigenvalue weighted by Crippen LogP contribution is 2.30. The van der Waals surface area contributed by atoms with Crippen molar-refractivity contribution >= 4 is 22.6 Å². The van der Waals surface area contributed by atoms with E-state index in [0.717, 1.165) is 31.6 Å². The van der Waals surface area contributed by atoms with Crippen LogP contribution in [0.25, 0.3) is 0 Å². The Balaban J connectivity index is 2.80. The number of rotatable bonds is 7. The minimum Gasteiger partial charge on any atom is -0.492 e. The molecule has 1 aromatic carbocycles. The van der Waals surface area contributed by atoms with Crippen LogP contribution in [0.15, 0.2) is 12.1 Å². The van der Waals surface area contributed by atoms with E-state index in [1.165, 1.54) is 27.5 Å². The lowest BCUT2D eigenvalue weighted by molar-refractivity contribution is 0.301. The zero-order valence-electron chi connectivity index (χ0n) is 11.2. The molecular weight excluding hydrogens is 323 g/mol. The molecule has 0 N–H and O–H groups in total. The summed E-state index contributed by atoms with van der Waals surface area (Å²) >= 11 is 2.38. The molecule has 1 aromatic rings. The highest BCUT2D eigenvalue weighted by molar-refractivity contribution is 14.1. The Bertz CT molecular complexity index is 347. The fraction of sp³-hybridized carbons (Fsp3) is 0.600. The van der Waals surface area contributed by atoms with Gasteiger partial charge in [0.15, 0.2) is 0 Å². The van der Waals surface area contributed by atoms with Gasteiger partial charge in [-0.3, -0.25) is 0 Å². The minimum absolute atomic E-state index is 0.851. The van der Waals surface area contributed by atoms with E-state index >= 15 is 0 Å². The lowest BCUT2D eigenvalue weighted by Gasteiger charge is -2.15.